The summed E-state index contributed by atoms with van der Waals surface area (Å²) in [6.45, 7) is 4.17. The molecule has 0 aromatic heterocycles. The largest absolute Gasteiger partial charge is 0.394 e. The molecule has 34 heavy (non-hydrogen) atoms. The van der Waals surface area contributed by atoms with E-state index in [2.05, 4.69) is 55.6 Å². The monoisotopic (exact) mass is 475 g/mol. The van der Waals surface area contributed by atoms with Crippen LogP contribution in [0.3, 0.4) is 0 Å². The van der Waals surface area contributed by atoms with Crippen LogP contribution in [0.2, 0.25) is 0 Å². The number of hydrogen-bond acceptors (Lipinski definition) is 3. The summed E-state index contributed by atoms with van der Waals surface area (Å²) in [5, 5.41) is 22.6. The minimum absolute atomic E-state index is 0.120. The van der Waals surface area contributed by atoms with Gasteiger partial charge in [0.05, 0.1) is 18.8 Å². The first-order valence-electron chi connectivity index (χ1n) is 13.9. The standard InChI is InChI=1S/C30H53NO3/c1-3-5-7-9-11-13-14-15-16-18-19-21-23-25-29(33)28(27-32)31-30(34)26-24-22-20-17-12-10-8-6-4-2/h11,13,16-18,20,23,25,28-29,32-33H,3-10,12,14-15,19,21-22,24,26-27H2,1-2H3,(H,31,34)/b13-11+,18-16+,20-17-,25-23+. The van der Waals surface area contributed by atoms with E-state index in [4.69, 9.17) is 0 Å². The number of rotatable bonds is 23. The van der Waals surface area contributed by atoms with E-state index in [0.29, 0.717) is 6.42 Å². The van der Waals surface area contributed by atoms with E-state index < -0.39 is 12.1 Å². The molecule has 0 aliphatic rings. The Morgan fingerprint density at radius 3 is 1.71 bits per heavy atom. The van der Waals surface area contributed by atoms with Gasteiger partial charge in [-0.15, -0.1) is 0 Å². The fourth-order valence-electron chi connectivity index (χ4n) is 3.56. The van der Waals surface area contributed by atoms with Crippen molar-refractivity contribution in [2.45, 2.75) is 129 Å². The summed E-state index contributed by atoms with van der Waals surface area (Å²) in [4.78, 5) is 12.1. The number of hydrogen-bond donors (Lipinski definition) is 3. The van der Waals surface area contributed by atoms with Gasteiger partial charge in [0.15, 0.2) is 0 Å². The highest BCUT2D eigenvalue weighted by Crippen LogP contribution is 2.06. The van der Waals surface area contributed by atoms with Crippen LogP contribution in [-0.4, -0.2) is 34.9 Å². The molecule has 2 unspecified atom stereocenters. The number of amides is 1. The number of allylic oxidation sites excluding steroid dienone is 7. The lowest BCUT2D eigenvalue weighted by Crippen LogP contribution is -2.45. The molecule has 0 aromatic carbocycles. The average Bonchev–Trinajstić information content (AvgIpc) is 2.84. The molecule has 0 spiro atoms. The Balaban J connectivity index is 3.89. The highest BCUT2D eigenvalue weighted by atomic mass is 16.3. The molecule has 0 aliphatic heterocycles. The Morgan fingerprint density at radius 2 is 1.15 bits per heavy atom. The Bertz CT molecular complexity index is 565. The summed E-state index contributed by atoms with van der Waals surface area (Å²) in [6, 6.07) is -0.655. The zero-order valence-corrected chi connectivity index (χ0v) is 22.1. The van der Waals surface area contributed by atoms with Gasteiger partial charge in [0.2, 0.25) is 5.91 Å². The van der Waals surface area contributed by atoms with Gasteiger partial charge in [0.25, 0.3) is 0 Å². The van der Waals surface area contributed by atoms with Gasteiger partial charge in [-0.05, 0) is 64.2 Å². The molecule has 0 heterocycles. The maximum absolute atomic E-state index is 12.1. The highest BCUT2D eigenvalue weighted by Gasteiger charge is 2.17. The molecule has 196 valence electrons. The Morgan fingerprint density at radius 1 is 0.676 bits per heavy atom. The van der Waals surface area contributed by atoms with Crippen LogP contribution in [0.25, 0.3) is 0 Å². The van der Waals surface area contributed by atoms with Crippen LogP contribution in [0.4, 0.5) is 0 Å². The molecular formula is C30H53NO3. The zero-order chi connectivity index (χ0) is 25.1. The van der Waals surface area contributed by atoms with Gasteiger partial charge in [-0.2, -0.15) is 0 Å². The Hall–Kier alpha value is -1.65. The van der Waals surface area contributed by atoms with Crippen molar-refractivity contribution < 1.29 is 15.0 Å². The second kappa shape index (κ2) is 26.0. The van der Waals surface area contributed by atoms with E-state index in [0.717, 1.165) is 44.9 Å². The van der Waals surface area contributed by atoms with E-state index in [-0.39, 0.29) is 12.5 Å². The molecule has 0 rings (SSSR count). The molecule has 4 heteroatoms. The van der Waals surface area contributed by atoms with Crippen LogP contribution in [0.1, 0.15) is 117 Å². The van der Waals surface area contributed by atoms with Gasteiger partial charge in [-0.25, -0.2) is 0 Å². The van der Waals surface area contributed by atoms with Gasteiger partial charge >= 0.3 is 0 Å². The minimum atomic E-state index is -0.876. The fourth-order valence-corrected chi connectivity index (χ4v) is 3.56. The lowest BCUT2D eigenvalue weighted by Gasteiger charge is -2.19. The quantitative estimate of drug-likeness (QED) is 0.107. The fraction of sp³-hybridized carbons (Fsp3) is 0.700. The number of carbonyl (C=O) groups excluding carboxylic acids is 1. The van der Waals surface area contributed by atoms with Gasteiger partial charge < -0.3 is 15.5 Å². The van der Waals surface area contributed by atoms with Crippen molar-refractivity contribution in [3.63, 3.8) is 0 Å². The predicted octanol–water partition coefficient (Wildman–Crippen LogP) is 7.33. The highest BCUT2D eigenvalue weighted by molar-refractivity contribution is 5.76. The third kappa shape index (κ3) is 22.2. The molecule has 0 saturated carbocycles. The molecule has 0 saturated heterocycles. The molecule has 2 atom stereocenters. The predicted molar refractivity (Wildman–Crippen MR) is 147 cm³/mol. The molecule has 0 aromatic rings. The molecule has 0 bridgehead atoms. The van der Waals surface area contributed by atoms with E-state index in [1.165, 1.54) is 51.4 Å². The molecule has 0 aliphatic carbocycles. The second-order valence-electron chi connectivity index (χ2n) is 9.08. The van der Waals surface area contributed by atoms with Crippen LogP contribution >= 0.6 is 0 Å². The van der Waals surface area contributed by atoms with Gasteiger partial charge in [-0.3, -0.25) is 4.79 Å². The van der Waals surface area contributed by atoms with Crippen molar-refractivity contribution in [2.24, 2.45) is 0 Å². The van der Waals surface area contributed by atoms with Crippen molar-refractivity contribution >= 4 is 5.91 Å². The van der Waals surface area contributed by atoms with Crippen molar-refractivity contribution in [1.82, 2.24) is 5.32 Å². The minimum Gasteiger partial charge on any atom is -0.394 e. The van der Waals surface area contributed by atoms with Gasteiger partial charge in [0, 0.05) is 6.42 Å². The molecule has 4 nitrogen and oxygen atoms in total. The molecule has 1 amide bonds. The third-order valence-electron chi connectivity index (χ3n) is 5.76. The summed E-state index contributed by atoms with van der Waals surface area (Å²) in [5.41, 5.74) is 0. The first kappa shape index (κ1) is 32.4. The summed E-state index contributed by atoms with van der Waals surface area (Å²) in [5.74, 6) is -0.120. The number of aliphatic hydroxyl groups is 2. The number of unbranched alkanes of at least 4 members (excludes halogenated alkanes) is 10. The maximum atomic E-state index is 12.1. The number of aliphatic hydroxyl groups excluding tert-OH is 2. The van der Waals surface area contributed by atoms with Crippen LogP contribution in [0.5, 0.6) is 0 Å². The summed E-state index contributed by atoms with van der Waals surface area (Å²) in [7, 11) is 0. The molecule has 3 N–H and O–H groups in total. The number of carbonyl (C=O) groups is 1. The normalized spacial score (nSPS) is 14.1. The van der Waals surface area contributed by atoms with E-state index in [1.54, 1.807) is 6.08 Å². The van der Waals surface area contributed by atoms with Crippen LogP contribution in [0, 0.1) is 0 Å². The summed E-state index contributed by atoms with van der Waals surface area (Å²) < 4.78 is 0. The van der Waals surface area contributed by atoms with Crippen LogP contribution in [-0.2, 0) is 4.79 Å². The SMILES string of the molecule is CCCCC/C=C/CC/C=C/CC/C=C/C(O)C(CO)NC(=O)CCC/C=C\CCCCCC. The van der Waals surface area contributed by atoms with Crippen molar-refractivity contribution in [2.75, 3.05) is 6.61 Å². The lowest BCUT2D eigenvalue weighted by atomic mass is 10.1. The molecular weight excluding hydrogens is 422 g/mol. The smallest absolute Gasteiger partial charge is 0.220 e. The Kier molecular flexibility index (Phi) is 24.7. The van der Waals surface area contributed by atoms with E-state index >= 15 is 0 Å². The van der Waals surface area contributed by atoms with E-state index in [9.17, 15) is 15.0 Å². The van der Waals surface area contributed by atoms with E-state index in [1.807, 2.05) is 6.08 Å². The van der Waals surface area contributed by atoms with Gasteiger partial charge in [-0.1, -0.05) is 94.6 Å². The number of nitrogens with one attached hydrogen (secondary N) is 1. The average molecular weight is 476 g/mol. The molecule has 0 radical (unpaired) electrons. The topological polar surface area (TPSA) is 69.6 Å². The Labute approximate surface area is 210 Å². The van der Waals surface area contributed by atoms with Crippen LogP contribution < -0.4 is 5.32 Å². The van der Waals surface area contributed by atoms with Crippen LogP contribution in [0.15, 0.2) is 48.6 Å². The van der Waals surface area contributed by atoms with Crippen molar-refractivity contribution in [1.29, 1.82) is 0 Å². The van der Waals surface area contributed by atoms with Gasteiger partial charge in [0.1, 0.15) is 0 Å². The lowest BCUT2D eigenvalue weighted by molar-refractivity contribution is -0.122. The van der Waals surface area contributed by atoms with Crippen molar-refractivity contribution in [3.8, 4) is 0 Å². The first-order chi connectivity index (χ1) is 16.7. The zero-order valence-electron chi connectivity index (χ0n) is 22.1. The third-order valence-corrected chi connectivity index (χ3v) is 5.76. The molecule has 0 fully saturated rings. The first-order valence-corrected chi connectivity index (χ1v) is 13.9. The summed E-state index contributed by atoms with van der Waals surface area (Å²) in [6.07, 6.45) is 33.3. The summed E-state index contributed by atoms with van der Waals surface area (Å²) >= 11 is 0. The maximum Gasteiger partial charge on any atom is 0.220 e. The second-order valence-corrected chi connectivity index (χ2v) is 9.08. The van der Waals surface area contributed by atoms with Crippen molar-refractivity contribution in [3.05, 3.63) is 48.6 Å².